The van der Waals surface area contributed by atoms with Crippen LogP contribution in [0, 0.1) is 13.8 Å². The molecule has 0 saturated carbocycles. The highest BCUT2D eigenvalue weighted by Crippen LogP contribution is 2.28. The molecule has 0 aromatic carbocycles. The fraction of sp³-hybridized carbons (Fsp3) is 0.526. The van der Waals surface area contributed by atoms with E-state index in [4.69, 9.17) is 4.52 Å². The van der Waals surface area contributed by atoms with E-state index in [1.165, 1.54) is 0 Å². The van der Waals surface area contributed by atoms with Crippen LogP contribution in [0.5, 0.6) is 0 Å². The predicted octanol–water partition coefficient (Wildman–Crippen LogP) is 2.69. The lowest BCUT2D eigenvalue weighted by molar-refractivity contribution is 0.0889. The van der Waals surface area contributed by atoms with Gasteiger partial charge in [0.1, 0.15) is 5.76 Å². The third-order valence-corrected chi connectivity index (χ3v) is 5.29. The van der Waals surface area contributed by atoms with Crippen LogP contribution in [0.2, 0.25) is 0 Å². The monoisotopic (exact) mass is 354 g/mol. The highest BCUT2D eigenvalue weighted by Gasteiger charge is 2.20. The van der Waals surface area contributed by atoms with Crippen molar-refractivity contribution in [2.75, 3.05) is 26.2 Å². The topological polar surface area (TPSA) is 63.2 Å². The Kier molecular flexibility index (Phi) is 4.50. The van der Waals surface area contributed by atoms with E-state index in [1.54, 1.807) is 0 Å². The zero-order valence-corrected chi connectivity index (χ0v) is 15.9. The average molecular weight is 354 g/mol. The number of aryl methyl sites for hydroxylation is 2. The lowest BCUT2D eigenvalue weighted by Crippen LogP contribution is -2.48. The second-order valence-electron chi connectivity index (χ2n) is 7.37. The maximum absolute atomic E-state index is 5.31. The summed E-state index contributed by atoms with van der Waals surface area (Å²) in [5, 5.41) is 4.06. The molecule has 0 unspecified atom stereocenters. The summed E-state index contributed by atoms with van der Waals surface area (Å²) in [5.74, 6) is 0.819. The van der Waals surface area contributed by atoms with Gasteiger partial charge in [-0.15, -0.1) is 0 Å². The molecular formula is C19H26N6O. The maximum atomic E-state index is 5.31. The minimum absolute atomic E-state index is 0.619. The number of nitrogens with zero attached hydrogens (tertiary/aromatic N) is 6. The summed E-state index contributed by atoms with van der Waals surface area (Å²) in [6, 6.07) is 2.76. The molecule has 0 radical (unpaired) electrons. The molecular weight excluding hydrogens is 328 g/mol. The molecule has 7 heteroatoms. The molecule has 0 atom stereocenters. The summed E-state index contributed by atoms with van der Waals surface area (Å²) in [5.41, 5.74) is 4.77. The first-order valence-electron chi connectivity index (χ1n) is 9.23. The molecule has 7 nitrogen and oxygen atoms in total. The molecule has 0 N–H and O–H groups in total. The van der Waals surface area contributed by atoms with Gasteiger partial charge in [-0.1, -0.05) is 5.16 Å². The first-order chi connectivity index (χ1) is 12.5. The fourth-order valence-electron chi connectivity index (χ4n) is 3.72. The second kappa shape index (κ2) is 6.81. The highest BCUT2D eigenvalue weighted by atomic mass is 16.5. The lowest BCUT2D eigenvalue weighted by atomic mass is 10.1. The largest absolute Gasteiger partial charge is 0.361 e. The van der Waals surface area contributed by atoms with Crippen molar-refractivity contribution in [3.05, 3.63) is 30.0 Å². The normalized spacial score (nSPS) is 16.8. The van der Waals surface area contributed by atoms with Crippen molar-refractivity contribution in [3.8, 4) is 11.1 Å². The zero-order valence-electron chi connectivity index (χ0n) is 15.9. The fourth-order valence-corrected chi connectivity index (χ4v) is 3.72. The van der Waals surface area contributed by atoms with Gasteiger partial charge in [-0.05, 0) is 33.8 Å². The van der Waals surface area contributed by atoms with Crippen LogP contribution in [0.1, 0.15) is 25.3 Å². The van der Waals surface area contributed by atoms with Crippen LogP contribution in [0.25, 0.3) is 22.3 Å². The third kappa shape index (κ3) is 3.12. The number of fused-ring (bicyclic) bond motifs is 1. The molecule has 138 valence electrons. The minimum Gasteiger partial charge on any atom is -0.361 e. The van der Waals surface area contributed by atoms with Crippen LogP contribution in [0.15, 0.2) is 23.1 Å². The van der Waals surface area contributed by atoms with Crippen molar-refractivity contribution in [3.63, 3.8) is 0 Å². The van der Waals surface area contributed by atoms with E-state index >= 15 is 0 Å². The Morgan fingerprint density at radius 2 is 1.88 bits per heavy atom. The van der Waals surface area contributed by atoms with Crippen molar-refractivity contribution < 1.29 is 4.52 Å². The summed E-state index contributed by atoms with van der Waals surface area (Å²) >= 11 is 0. The van der Waals surface area contributed by atoms with E-state index < -0.39 is 0 Å². The van der Waals surface area contributed by atoms with Crippen molar-refractivity contribution in [1.82, 2.24) is 29.5 Å². The van der Waals surface area contributed by atoms with Gasteiger partial charge in [0, 0.05) is 49.5 Å². The molecule has 3 aromatic rings. The number of hydrogen-bond acceptors (Lipinski definition) is 6. The van der Waals surface area contributed by atoms with Gasteiger partial charge in [0.05, 0.1) is 24.2 Å². The van der Waals surface area contributed by atoms with Crippen molar-refractivity contribution in [2.45, 2.75) is 40.4 Å². The number of pyridine rings is 1. The van der Waals surface area contributed by atoms with E-state index in [-0.39, 0.29) is 0 Å². The van der Waals surface area contributed by atoms with Gasteiger partial charge in [0.15, 0.2) is 5.65 Å². The summed E-state index contributed by atoms with van der Waals surface area (Å²) in [6.07, 6.45) is 3.75. The van der Waals surface area contributed by atoms with Gasteiger partial charge in [0.25, 0.3) is 0 Å². The molecule has 26 heavy (non-hydrogen) atoms. The Balaban J connectivity index is 1.58. The van der Waals surface area contributed by atoms with Gasteiger partial charge >= 0.3 is 0 Å². The zero-order chi connectivity index (χ0) is 18.3. The summed E-state index contributed by atoms with van der Waals surface area (Å²) in [7, 11) is 0. The van der Waals surface area contributed by atoms with Crippen molar-refractivity contribution in [2.24, 2.45) is 0 Å². The summed E-state index contributed by atoms with van der Waals surface area (Å²) in [6.45, 7) is 13.7. The van der Waals surface area contributed by atoms with Crippen LogP contribution < -0.4 is 0 Å². The van der Waals surface area contributed by atoms with Crippen LogP contribution in [-0.4, -0.2) is 61.7 Å². The lowest BCUT2D eigenvalue weighted by Gasteiger charge is -2.37. The Morgan fingerprint density at radius 3 is 2.54 bits per heavy atom. The molecule has 1 aliphatic rings. The molecule has 3 aromatic heterocycles. The average Bonchev–Trinajstić information content (AvgIpc) is 3.18. The first-order valence-corrected chi connectivity index (χ1v) is 9.23. The van der Waals surface area contributed by atoms with Crippen LogP contribution >= 0.6 is 0 Å². The summed E-state index contributed by atoms with van der Waals surface area (Å²) in [4.78, 5) is 14.0. The predicted molar refractivity (Wildman–Crippen MR) is 101 cm³/mol. The van der Waals surface area contributed by atoms with Gasteiger partial charge in [-0.3, -0.25) is 9.80 Å². The van der Waals surface area contributed by atoms with Gasteiger partial charge in [0.2, 0.25) is 0 Å². The smallest absolute Gasteiger partial charge is 0.177 e. The molecule has 4 rings (SSSR count). The molecule has 0 bridgehead atoms. The van der Waals surface area contributed by atoms with Gasteiger partial charge < -0.3 is 9.09 Å². The number of imidazole rings is 1. The van der Waals surface area contributed by atoms with E-state index in [0.29, 0.717) is 6.04 Å². The van der Waals surface area contributed by atoms with E-state index in [0.717, 1.165) is 66.6 Å². The number of aromatic nitrogens is 4. The maximum Gasteiger partial charge on any atom is 0.177 e. The summed E-state index contributed by atoms with van der Waals surface area (Å²) < 4.78 is 7.50. The van der Waals surface area contributed by atoms with E-state index in [9.17, 15) is 0 Å². The first kappa shape index (κ1) is 17.2. The Morgan fingerprint density at radius 1 is 1.12 bits per heavy atom. The molecule has 1 fully saturated rings. The Hall–Kier alpha value is -2.25. The van der Waals surface area contributed by atoms with Crippen LogP contribution in [0.4, 0.5) is 0 Å². The highest BCUT2D eigenvalue weighted by molar-refractivity contribution is 5.79. The Labute approximate surface area is 153 Å². The quantitative estimate of drug-likeness (QED) is 0.718. The number of hydrogen-bond donors (Lipinski definition) is 0. The van der Waals surface area contributed by atoms with E-state index in [1.807, 2.05) is 26.4 Å². The van der Waals surface area contributed by atoms with Crippen LogP contribution in [-0.2, 0) is 6.67 Å². The van der Waals surface area contributed by atoms with Gasteiger partial charge in [-0.25, -0.2) is 9.97 Å². The molecule has 0 aliphatic carbocycles. The molecule has 4 heterocycles. The van der Waals surface area contributed by atoms with Crippen molar-refractivity contribution in [1.29, 1.82) is 0 Å². The third-order valence-electron chi connectivity index (χ3n) is 5.29. The second-order valence-corrected chi connectivity index (χ2v) is 7.37. The standard InChI is InChI=1S/C19H26N6O/c1-13(2)24-7-5-23(6-8-24)12-25-11-21-19-17(25)9-16(10-20-19)18-14(3)22-26-15(18)4/h9-11,13H,5-8,12H2,1-4H3. The van der Waals surface area contributed by atoms with Gasteiger partial charge in [-0.2, -0.15) is 0 Å². The molecule has 0 spiro atoms. The number of piperazine rings is 1. The molecule has 1 aliphatic heterocycles. The Bertz CT molecular complexity index is 885. The van der Waals surface area contributed by atoms with Crippen LogP contribution in [0.3, 0.4) is 0 Å². The molecule has 0 amide bonds. The minimum atomic E-state index is 0.619. The van der Waals surface area contributed by atoms with E-state index in [2.05, 4.69) is 49.4 Å². The molecule has 1 saturated heterocycles. The number of rotatable bonds is 4. The SMILES string of the molecule is Cc1noc(C)c1-c1cnc2ncn(CN3CCN(C(C)C)CC3)c2c1. The van der Waals surface area contributed by atoms with Crippen molar-refractivity contribution >= 4 is 11.2 Å².